The fourth-order valence-electron chi connectivity index (χ4n) is 2.15. The van der Waals surface area contributed by atoms with Crippen molar-refractivity contribution < 1.29 is 18.7 Å². The molecule has 0 bridgehead atoms. The number of hydrogen-bond acceptors (Lipinski definition) is 4. The molecule has 0 fully saturated rings. The molecule has 1 heterocycles. The average Bonchev–Trinajstić information content (AvgIpc) is 3.07. The van der Waals surface area contributed by atoms with Gasteiger partial charge in [-0.2, -0.15) is 0 Å². The van der Waals surface area contributed by atoms with Crippen molar-refractivity contribution in [2.75, 3.05) is 19.8 Å². The molecule has 0 aliphatic rings. The maximum atomic E-state index is 12.3. The molecule has 1 N–H and O–H groups in total. The van der Waals surface area contributed by atoms with Crippen molar-refractivity contribution in [3.8, 4) is 11.5 Å². The van der Waals surface area contributed by atoms with Gasteiger partial charge in [-0.05, 0) is 43.2 Å². The highest BCUT2D eigenvalue weighted by molar-refractivity contribution is 5.94. The predicted octanol–water partition coefficient (Wildman–Crippen LogP) is 3.69. The maximum Gasteiger partial charge on any atom is 0.251 e. The van der Waals surface area contributed by atoms with Crippen molar-refractivity contribution >= 4 is 5.91 Å². The smallest absolute Gasteiger partial charge is 0.251 e. The molecule has 130 valence electrons. The van der Waals surface area contributed by atoms with Crippen LogP contribution in [0.4, 0.5) is 0 Å². The Hall–Kier alpha value is -2.43. The molecule has 2 aromatic rings. The SMILES string of the molecule is CCOc1cc(C(=O)NCCc2ccco2)ccc1OCC(C)C. The predicted molar refractivity (Wildman–Crippen MR) is 92.7 cm³/mol. The first kappa shape index (κ1) is 17.9. The molecule has 0 saturated carbocycles. The summed E-state index contributed by atoms with van der Waals surface area (Å²) in [5, 5.41) is 2.88. The summed E-state index contributed by atoms with van der Waals surface area (Å²) in [6.45, 7) is 7.71. The third kappa shape index (κ3) is 5.33. The second-order valence-electron chi connectivity index (χ2n) is 5.88. The number of furan rings is 1. The van der Waals surface area contributed by atoms with Gasteiger partial charge >= 0.3 is 0 Å². The standard InChI is InChI=1S/C19H25NO4/c1-4-22-18-12-15(7-8-17(18)24-13-14(2)3)19(21)20-10-9-16-6-5-11-23-16/h5-8,11-12,14H,4,9-10,13H2,1-3H3,(H,20,21). The Labute approximate surface area is 143 Å². The van der Waals surface area contributed by atoms with E-state index in [1.807, 2.05) is 19.1 Å². The fraction of sp³-hybridized carbons (Fsp3) is 0.421. The van der Waals surface area contributed by atoms with Crippen LogP contribution in [0.2, 0.25) is 0 Å². The lowest BCUT2D eigenvalue weighted by Gasteiger charge is -2.14. The number of hydrogen-bond donors (Lipinski definition) is 1. The van der Waals surface area contributed by atoms with E-state index in [0.29, 0.717) is 49.2 Å². The molecule has 5 heteroatoms. The van der Waals surface area contributed by atoms with Gasteiger partial charge in [0.1, 0.15) is 5.76 Å². The first-order chi connectivity index (χ1) is 11.6. The van der Waals surface area contributed by atoms with Gasteiger partial charge < -0.3 is 19.2 Å². The molecule has 0 aliphatic carbocycles. The second-order valence-corrected chi connectivity index (χ2v) is 5.88. The molecule has 0 saturated heterocycles. The van der Waals surface area contributed by atoms with E-state index in [1.165, 1.54) is 0 Å². The van der Waals surface area contributed by atoms with Crippen molar-refractivity contribution in [2.24, 2.45) is 5.92 Å². The van der Waals surface area contributed by atoms with Gasteiger partial charge in [0.25, 0.3) is 5.91 Å². The summed E-state index contributed by atoms with van der Waals surface area (Å²) in [5.41, 5.74) is 0.551. The average molecular weight is 331 g/mol. The molecule has 1 amide bonds. The van der Waals surface area contributed by atoms with Crippen molar-refractivity contribution in [2.45, 2.75) is 27.2 Å². The number of benzene rings is 1. The Kier molecular flexibility index (Phi) is 6.73. The van der Waals surface area contributed by atoms with Crippen LogP contribution in [0, 0.1) is 5.92 Å². The summed E-state index contributed by atoms with van der Waals surface area (Å²) in [5.74, 6) is 2.39. The molecular weight excluding hydrogens is 306 g/mol. The van der Waals surface area contributed by atoms with E-state index in [0.717, 1.165) is 5.76 Å². The normalized spacial score (nSPS) is 10.7. The highest BCUT2D eigenvalue weighted by Crippen LogP contribution is 2.29. The molecule has 1 aromatic carbocycles. The molecule has 0 aliphatic heterocycles. The highest BCUT2D eigenvalue weighted by Gasteiger charge is 2.12. The first-order valence-electron chi connectivity index (χ1n) is 8.30. The summed E-state index contributed by atoms with van der Waals surface area (Å²) in [6.07, 6.45) is 2.29. The maximum absolute atomic E-state index is 12.3. The van der Waals surface area contributed by atoms with E-state index >= 15 is 0 Å². The molecular formula is C19H25NO4. The van der Waals surface area contributed by atoms with Gasteiger partial charge in [0.2, 0.25) is 0 Å². The lowest BCUT2D eigenvalue weighted by molar-refractivity contribution is 0.0953. The van der Waals surface area contributed by atoms with Crippen LogP contribution in [-0.2, 0) is 6.42 Å². The summed E-state index contributed by atoms with van der Waals surface area (Å²) >= 11 is 0. The zero-order valence-electron chi connectivity index (χ0n) is 14.5. The lowest BCUT2D eigenvalue weighted by atomic mass is 10.1. The molecule has 24 heavy (non-hydrogen) atoms. The Morgan fingerprint density at radius 1 is 1.21 bits per heavy atom. The minimum atomic E-state index is -0.141. The van der Waals surface area contributed by atoms with Crippen molar-refractivity contribution in [1.29, 1.82) is 0 Å². The number of carbonyl (C=O) groups excluding carboxylic acids is 1. The molecule has 2 rings (SSSR count). The zero-order chi connectivity index (χ0) is 17.4. The third-order valence-corrected chi connectivity index (χ3v) is 3.31. The molecule has 1 aromatic heterocycles. The fourth-order valence-corrected chi connectivity index (χ4v) is 2.15. The Morgan fingerprint density at radius 2 is 2.04 bits per heavy atom. The van der Waals surface area contributed by atoms with E-state index in [9.17, 15) is 4.79 Å². The third-order valence-electron chi connectivity index (χ3n) is 3.31. The van der Waals surface area contributed by atoms with Crippen molar-refractivity contribution in [3.63, 3.8) is 0 Å². The van der Waals surface area contributed by atoms with Crippen molar-refractivity contribution in [3.05, 3.63) is 47.9 Å². The first-order valence-corrected chi connectivity index (χ1v) is 8.30. The van der Waals surface area contributed by atoms with Crippen LogP contribution in [-0.4, -0.2) is 25.7 Å². The molecule has 0 radical (unpaired) electrons. The van der Waals surface area contributed by atoms with E-state index in [2.05, 4.69) is 19.2 Å². The second kappa shape index (κ2) is 9.01. The van der Waals surface area contributed by atoms with Gasteiger partial charge in [0, 0.05) is 18.5 Å². The molecule has 0 atom stereocenters. The van der Waals surface area contributed by atoms with Crippen LogP contribution in [0.1, 0.15) is 36.9 Å². The van der Waals surface area contributed by atoms with Crippen LogP contribution in [0.3, 0.4) is 0 Å². The van der Waals surface area contributed by atoms with E-state index in [4.69, 9.17) is 13.9 Å². The van der Waals surface area contributed by atoms with Crippen LogP contribution in [0.25, 0.3) is 0 Å². The molecule has 0 spiro atoms. The Bertz CT molecular complexity index is 635. The molecule has 5 nitrogen and oxygen atoms in total. The Morgan fingerprint density at radius 3 is 2.71 bits per heavy atom. The van der Waals surface area contributed by atoms with Gasteiger partial charge in [0.05, 0.1) is 19.5 Å². The highest BCUT2D eigenvalue weighted by atomic mass is 16.5. The summed E-state index contributed by atoms with van der Waals surface area (Å²) in [7, 11) is 0. The summed E-state index contributed by atoms with van der Waals surface area (Å²) in [4.78, 5) is 12.3. The topological polar surface area (TPSA) is 60.7 Å². The summed E-state index contributed by atoms with van der Waals surface area (Å²) < 4.78 is 16.6. The molecule has 0 unspecified atom stereocenters. The van der Waals surface area contributed by atoms with E-state index < -0.39 is 0 Å². The van der Waals surface area contributed by atoms with Crippen LogP contribution in [0.5, 0.6) is 11.5 Å². The quantitative estimate of drug-likeness (QED) is 0.761. The van der Waals surface area contributed by atoms with Gasteiger partial charge in [-0.15, -0.1) is 0 Å². The largest absolute Gasteiger partial charge is 0.490 e. The van der Waals surface area contributed by atoms with Gasteiger partial charge in [0.15, 0.2) is 11.5 Å². The number of rotatable bonds is 9. The van der Waals surface area contributed by atoms with E-state index in [1.54, 1.807) is 24.5 Å². The van der Waals surface area contributed by atoms with Gasteiger partial charge in [-0.1, -0.05) is 13.8 Å². The monoisotopic (exact) mass is 331 g/mol. The minimum Gasteiger partial charge on any atom is -0.490 e. The number of ether oxygens (including phenoxy) is 2. The van der Waals surface area contributed by atoms with E-state index in [-0.39, 0.29) is 5.91 Å². The zero-order valence-corrected chi connectivity index (χ0v) is 14.5. The number of amides is 1. The van der Waals surface area contributed by atoms with Crippen LogP contribution >= 0.6 is 0 Å². The van der Waals surface area contributed by atoms with Crippen LogP contribution < -0.4 is 14.8 Å². The number of nitrogens with one attached hydrogen (secondary N) is 1. The van der Waals surface area contributed by atoms with Crippen molar-refractivity contribution in [1.82, 2.24) is 5.32 Å². The van der Waals surface area contributed by atoms with Crippen LogP contribution in [0.15, 0.2) is 41.0 Å². The minimum absolute atomic E-state index is 0.141. The summed E-state index contributed by atoms with van der Waals surface area (Å²) in [6, 6.07) is 8.98. The lowest BCUT2D eigenvalue weighted by Crippen LogP contribution is -2.25. The number of carbonyl (C=O) groups is 1. The van der Waals surface area contributed by atoms with Gasteiger partial charge in [-0.25, -0.2) is 0 Å². The Balaban J connectivity index is 1.97. The van der Waals surface area contributed by atoms with Gasteiger partial charge in [-0.3, -0.25) is 4.79 Å².